The van der Waals surface area contributed by atoms with Crippen molar-refractivity contribution in [1.82, 2.24) is 20.5 Å². The number of guanidine groups is 1. The van der Waals surface area contributed by atoms with Crippen LogP contribution in [-0.4, -0.2) is 62.2 Å². The van der Waals surface area contributed by atoms with Crippen LogP contribution in [-0.2, 0) is 6.54 Å². The molecular formula is C17H29IN6. The zero-order chi connectivity index (χ0) is 16.5. The van der Waals surface area contributed by atoms with E-state index in [0.717, 1.165) is 50.1 Å². The smallest absolute Gasteiger partial charge is 0.191 e. The lowest BCUT2D eigenvalue weighted by Gasteiger charge is -2.34. The molecule has 0 atom stereocenters. The monoisotopic (exact) mass is 444 g/mol. The van der Waals surface area contributed by atoms with Gasteiger partial charge in [-0.2, -0.15) is 0 Å². The van der Waals surface area contributed by atoms with Crippen LogP contribution in [0.4, 0.5) is 5.82 Å². The number of anilines is 1. The Morgan fingerprint density at radius 1 is 1.33 bits per heavy atom. The zero-order valence-corrected chi connectivity index (χ0v) is 17.0. The molecule has 0 spiro atoms. The first-order valence-electron chi connectivity index (χ1n) is 8.25. The third-order valence-electron chi connectivity index (χ3n) is 3.84. The summed E-state index contributed by atoms with van der Waals surface area (Å²) < 4.78 is 0. The summed E-state index contributed by atoms with van der Waals surface area (Å²) in [4.78, 5) is 14.0. The number of rotatable bonds is 6. The maximum Gasteiger partial charge on any atom is 0.191 e. The summed E-state index contributed by atoms with van der Waals surface area (Å²) >= 11 is 0. The Morgan fingerprint density at radius 3 is 2.75 bits per heavy atom. The Hall–Kier alpha value is -1.35. The van der Waals surface area contributed by atoms with E-state index in [1.54, 1.807) is 0 Å². The van der Waals surface area contributed by atoms with Gasteiger partial charge in [-0.3, -0.25) is 0 Å². The van der Waals surface area contributed by atoms with Crippen LogP contribution in [0.5, 0.6) is 0 Å². The van der Waals surface area contributed by atoms with Gasteiger partial charge in [-0.25, -0.2) is 9.98 Å². The minimum Gasteiger partial charge on any atom is -0.357 e. The molecule has 2 heterocycles. The van der Waals surface area contributed by atoms with Crippen molar-refractivity contribution < 1.29 is 0 Å². The first-order chi connectivity index (χ1) is 11.2. The van der Waals surface area contributed by atoms with Crippen LogP contribution < -0.4 is 15.5 Å². The molecule has 1 aliphatic rings. The Balaban J connectivity index is 0.00000288. The summed E-state index contributed by atoms with van der Waals surface area (Å²) in [5.74, 6) is 1.87. The van der Waals surface area contributed by atoms with E-state index in [1.807, 2.05) is 18.3 Å². The summed E-state index contributed by atoms with van der Waals surface area (Å²) in [6, 6.07) is 4.09. The molecule has 0 aromatic carbocycles. The van der Waals surface area contributed by atoms with Gasteiger partial charge in [0.05, 0.1) is 6.54 Å². The predicted octanol–water partition coefficient (Wildman–Crippen LogP) is 1.69. The van der Waals surface area contributed by atoms with Crippen molar-refractivity contribution in [2.24, 2.45) is 4.99 Å². The maximum absolute atomic E-state index is 4.66. The number of hydrogen-bond donors (Lipinski definition) is 2. The lowest BCUT2D eigenvalue weighted by atomic mass is 10.2. The highest BCUT2D eigenvalue weighted by Crippen LogP contribution is 2.19. The molecule has 1 aromatic heterocycles. The summed E-state index contributed by atoms with van der Waals surface area (Å²) in [5.41, 5.74) is 1.16. The molecule has 7 heteroatoms. The minimum atomic E-state index is 0. The second kappa shape index (κ2) is 11.2. The van der Waals surface area contributed by atoms with Gasteiger partial charge < -0.3 is 20.4 Å². The third-order valence-corrected chi connectivity index (χ3v) is 3.84. The molecule has 0 amide bonds. The van der Waals surface area contributed by atoms with Crippen molar-refractivity contribution in [2.75, 3.05) is 51.2 Å². The Labute approximate surface area is 162 Å². The number of halogens is 1. The van der Waals surface area contributed by atoms with E-state index in [4.69, 9.17) is 0 Å². The molecule has 1 aliphatic heterocycles. The molecule has 2 rings (SSSR count). The first kappa shape index (κ1) is 20.7. The summed E-state index contributed by atoms with van der Waals surface area (Å²) in [6.45, 7) is 12.1. The molecule has 0 bridgehead atoms. The van der Waals surface area contributed by atoms with E-state index in [9.17, 15) is 0 Å². The van der Waals surface area contributed by atoms with Gasteiger partial charge in [0.2, 0.25) is 0 Å². The molecule has 0 saturated carbocycles. The quantitative estimate of drug-likeness (QED) is 0.303. The summed E-state index contributed by atoms with van der Waals surface area (Å²) in [6.07, 6.45) is 3.69. The highest BCUT2D eigenvalue weighted by atomic mass is 127. The van der Waals surface area contributed by atoms with E-state index in [0.29, 0.717) is 13.1 Å². The molecule has 1 saturated heterocycles. The fraction of sp³-hybridized carbons (Fsp3) is 0.529. The SMILES string of the molecule is C=CCNC(=NCc1cccnc1N1CCN(C)CC1)NCC.I. The number of likely N-dealkylation sites (N-methyl/N-ethyl adjacent to an activating group) is 1. The van der Waals surface area contributed by atoms with Gasteiger partial charge in [0.1, 0.15) is 5.82 Å². The Bertz CT molecular complexity index is 526. The summed E-state index contributed by atoms with van der Waals surface area (Å²) in [5, 5.41) is 6.47. The van der Waals surface area contributed by atoms with Crippen molar-refractivity contribution in [3.63, 3.8) is 0 Å². The number of aromatic nitrogens is 1. The van der Waals surface area contributed by atoms with Gasteiger partial charge in [-0.1, -0.05) is 12.1 Å². The van der Waals surface area contributed by atoms with Gasteiger partial charge in [0.25, 0.3) is 0 Å². The van der Waals surface area contributed by atoms with E-state index >= 15 is 0 Å². The maximum atomic E-state index is 4.66. The summed E-state index contributed by atoms with van der Waals surface area (Å²) in [7, 11) is 2.16. The number of pyridine rings is 1. The lowest BCUT2D eigenvalue weighted by molar-refractivity contribution is 0.312. The van der Waals surface area contributed by atoms with E-state index < -0.39 is 0 Å². The standard InChI is InChI=1S/C17H28N6.HI/c1-4-8-20-17(18-5-2)21-14-15-7-6-9-19-16(15)23-12-10-22(3)11-13-23;/h4,6-7,9H,1,5,8,10-14H2,2-3H3,(H2,18,20,21);1H. The van der Waals surface area contributed by atoms with Gasteiger partial charge in [-0.05, 0) is 20.0 Å². The number of hydrogen-bond acceptors (Lipinski definition) is 4. The second-order valence-corrected chi connectivity index (χ2v) is 5.64. The molecule has 134 valence electrons. The molecule has 0 radical (unpaired) electrons. The lowest BCUT2D eigenvalue weighted by Crippen LogP contribution is -2.45. The molecule has 0 unspecified atom stereocenters. The van der Waals surface area contributed by atoms with Crippen LogP contribution in [0.25, 0.3) is 0 Å². The van der Waals surface area contributed by atoms with Crippen molar-refractivity contribution >= 4 is 35.8 Å². The molecule has 1 fully saturated rings. The number of piperazine rings is 1. The normalized spacial score (nSPS) is 15.6. The Kier molecular flexibility index (Phi) is 9.70. The van der Waals surface area contributed by atoms with Gasteiger partial charge in [-0.15, -0.1) is 30.6 Å². The van der Waals surface area contributed by atoms with Crippen molar-refractivity contribution in [2.45, 2.75) is 13.5 Å². The fourth-order valence-corrected chi connectivity index (χ4v) is 2.53. The van der Waals surface area contributed by atoms with Crippen LogP contribution >= 0.6 is 24.0 Å². The molecular weight excluding hydrogens is 415 g/mol. The fourth-order valence-electron chi connectivity index (χ4n) is 2.53. The van der Waals surface area contributed by atoms with Crippen LogP contribution in [0.3, 0.4) is 0 Å². The Morgan fingerprint density at radius 2 is 2.08 bits per heavy atom. The number of aliphatic imine (C=N–C) groups is 1. The van der Waals surface area contributed by atoms with Crippen molar-refractivity contribution in [3.05, 3.63) is 36.5 Å². The molecule has 1 aromatic rings. The van der Waals surface area contributed by atoms with Crippen LogP contribution in [0.15, 0.2) is 36.0 Å². The molecule has 0 aliphatic carbocycles. The average Bonchev–Trinajstić information content (AvgIpc) is 2.58. The highest BCUT2D eigenvalue weighted by Gasteiger charge is 2.17. The second-order valence-electron chi connectivity index (χ2n) is 5.64. The average molecular weight is 444 g/mol. The first-order valence-corrected chi connectivity index (χ1v) is 8.25. The van der Waals surface area contributed by atoms with E-state index in [-0.39, 0.29) is 24.0 Å². The number of nitrogens with zero attached hydrogens (tertiary/aromatic N) is 4. The number of nitrogens with one attached hydrogen (secondary N) is 2. The highest BCUT2D eigenvalue weighted by molar-refractivity contribution is 14.0. The largest absolute Gasteiger partial charge is 0.357 e. The van der Waals surface area contributed by atoms with E-state index in [2.05, 4.69) is 57.0 Å². The van der Waals surface area contributed by atoms with E-state index in [1.165, 1.54) is 0 Å². The zero-order valence-electron chi connectivity index (χ0n) is 14.7. The van der Waals surface area contributed by atoms with Crippen LogP contribution in [0.2, 0.25) is 0 Å². The predicted molar refractivity (Wildman–Crippen MR) is 112 cm³/mol. The molecule has 24 heavy (non-hydrogen) atoms. The molecule has 2 N–H and O–H groups in total. The van der Waals surface area contributed by atoms with Gasteiger partial charge in [0.15, 0.2) is 5.96 Å². The third kappa shape index (κ3) is 6.27. The van der Waals surface area contributed by atoms with Crippen molar-refractivity contribution in [1.29, 1.82) is 0 Å². The molecule has 6 nitrogen and oxygen atoms in total. The van der Waals surface area contributed by atoms with Gasteiger partial charge in [0, 0.05) is 51.0 Å². The van der Waals surface area contributed by atoms with Gasteiger partial charge >= 0.3 is 0 Å². The van der Waals surface area contributed by atoms with Crippen molar-refractivity contribution in [3.8, 4) is 0 Å². The van der Waals surface area contributed by atoms with Crippen LogP contribution in [0, 0.1) is 0 Å². The van der Waals surface area contributed by atoms with Crippen LogP contribution in [0.1, 0.15) is 12.5 Å². The topological polar surface area (TPSA) is 55.8 Å². The minimum absolute atomic E-state index is 0.